The molecule has 25 heavy (non-hydrogen) atoms. The molecule has 1 aliphatic rings. The zero-order chi connectivity index (χ0) is 18.6. The van der Waals surface area contributed by atoms with Gasteiger partial charge in [-0.2, -0.15) is 0 Å². The summed E-state index contributed by atoms with van der Waals surface area (Å²) in [5, 5.41) is 2.98. The Morgan fingerprint density at radius 2 is 1.96 bits per heavy atom. The van der Waals surface area contributed by atoms with Gasteiger partial charge in [0.25, 0.3) is 0 Å². The van der Waals surface area contributed by atoms with Gasteiger partial charge in [-0.1, -0.05) is 13.0 Å². The van der Waals surface area contributed by atoms with Crippen molar-refractivity contribution in [3.05, 3.63) is 23.8 Å². The standard InChI is InChI=1S/C19H28N2O4/c1-6-18(22)21-10-15(16(11-21)19(23)20-12(2)3)14-8-7-13(24-4)9-17(14)25-5/h7-9,12,15-16H,6,10-11H2,1-5H3,(H,20,23). The van der Waals surface area contributed by atoms with Gasteiger partial charge in [0.05, 0.1) is 20.1 Å². The van der Waals surface area contributed by atoms with Gasteiger partial charge >= 0.3 is 0 Å². The van der Waals surface area contributed by atoms with Crippen LogP contribution in [-0.4, -0.2) is 50.1 Å². The van der Waals surface area contributed by atoms with Crippen LogP contribution in [0.15, 0.2) is 18.2 Å². The largest absolute Gasteiger partial charge is 0.497 e. The zero-order valence-corrected chi connectivity index (χ0v) is 15.7. The van der Waals surface area contributed by atoms with Gasteiger partial charge in [0, 0.05) is 43.1 Å². The van der Waals surface area contributed by atoms with Crippen molar-refractivity contribution in [1.82, 2.24) is 10.2 Å². The van der Waals surface area contributed by atoms with Crippen LogP contribution in [0.1, 0.15) is 38.7 Å². The first-order valence-corrected chi connectivity index (χ1v) is 8.71. The number of likely N-dealkylation sites (tertiary alicyclic amines) is 1. The number of rotatable bonds is 6. The molecule has 138 valence electrons. The van der Waals surface area contributed by atoms with Crippen molar-refractivity contribution in [2.75, 3.05) is 27.3 Å². The third kappa shape index (κ3) is 4.24. The summed E-state index contributed by atoms with van der Waals surface area (Å²) in [6.45, 7) is 6.67. The smallest absolute Gasteiger partial charge is 0.225 e. The first-order valence-electron chi connectivity index (χ1n) is 8.71. The molecule has 1 N–H and O–H groups in total. The van der Waals surface area contributed by atoms with Gasteiger partial charge in [0.2, 0.25) is 11.8 Å². The SMILES string of the molecule is CCC(=O)N1CC(C(=O)NC(C)C)C(c2ccc(OC)cc2OC)C1. The fourth-order valence-corrected chi connectivity index (χ4v) is 3.33. The minimum Gasteiger partial charge on any atom is -0.497 e. The van der Waals surface area contributed by atoms with Crippen LogP contribution in [0.2, 0.25) is 0 Å². The Morgan fingerprint density at radius 1 is 1.24 bits per heavy atom. The maximum Gasteiger partial charge on any atom is 0.225 e. The Hall–Kier alpha value is -2.24. The molecule has 1 heterocycles. The van der Waals surface area contributed by atoms with Crippen LogP contribution in [0.3, 0.4) is 0 Å². The van der Waals surface area contributed by atoms with E-state index in [1.54, 1.807) is 19.1 Å². The highest BCUT2D eigenvalue weighted by Crippen LogP contribution is 2.39. The number of carbonyl (C=O) groups is 2. The van der Waals surface area contributed by atoms with Crippen molar-refractivity contribution in [1.29, 1.82) is 0 Å². The highest BCUT2D eigenvalue weighted by Gasteiger charge is 2.41. The number of amides is 2. The molecule has 1 fully saturated rings. The van der Waals surface area contributed by atoms with Crippen LogP contribution in [0.5, 0.6) is 11.5 Å². The second-order valence-electron chi connectivity index (χ2n) is 6.64. The molecular formula is C19H28N2O4. The molecule has 1 aliphatic heterocycles. The van der Waals surface area contributed by atoms with E-state index < -0.39 is 0 Å². The predicted octanol–water partition coefficient (Wildman–Crippen LogP) is 2.18. The quantitative estimate of drug-likeness (QED) is 0.856. The molecule has 1 aromatic carbocycles. The summed E-state index contributed by atoms with van der Waals surface area (Å²) in [7, 11) is 3.20. The van der Waals surface area contributed by atoms with E-state index in [0.29, 0.717) is 31.0 Å². The molecule has 0 aliphatic carbocycles. The van der Waals surface area contributed by atoms with E-state index in [1.807, 2.05) is 39.0 Å². The van der Waals surface area contributed by atoms with Crippen LogP contribution in [0.25, 0.3) is 0 Å². The van der Waals surface area contributed by atoms with E-state index in [2.05, 4.69) is 5.32 Å². The molecule has 2 unspecified atom stereocenters. The Bertz CT molecular complexity index is 630. The summed E-state index contributed by atoms with van der Waals surface area (Å²) in [5.74, 6) is 1.03. The lowest BCUT2D eigenvalue weighted by Crippen LogP contribution is -2.39. The lowest BCUT2D eigenvalue weighted by Gasteiger charge is -2.21. The summed E-state index contributed by atoms with van der Waals surface area (Å²) in [5.41, 5.74) is 0.929. The number of nitrogens with zero attached hydrogens (tertiary/aromatic N) is 1. The van der Waals surface area contributed by atoms with E-state index in [1.165, 1.54) is 0 Å². The first-order chi connectivity index (χ1) is 11.9. The van der Waals surface area contributed by atoms with Gasteiger partial charge < -0.3 is 19.7 Å². The Labute approximate surface area is 149 Å². The molecule has 0 bridgehead atoms. The van der Waals surface area contributed by atoms with Crippen LogP contribution in [0.4, 0.5) is 0 Å². The topological polar surface area (TPSA) is 67.9 Å². The average molecular weight is 348 g/mol. The molecule has 1 aromatic rings. The van der Waals surface area contributed by atoms with Crippen LogP contribution in [-0.2, 0) is 9.59 Å². The van der Waals surface area contributed by atoms with Gasteiger partial charge in [0.15, 0.2) is 0 Å². The molecule has 1 saturated heterocycles. The minimum absolute atomic E-state index is 0.0238. The number of hydrogen-bond acceptors (Lipinski definition) is 4. The Morgan fingerprint density at radius 3 is 2.52 bits per heavy atom. The van der Waals surface area contributed by atoms with Crippen molar-refractivity contribution in [3.8, 4) is 11.5 Å². The van der Waals surface area contributed by atoms with Crippen LogP contribution in [0, 0.1) is 5.92 Å². The lowest BCUT2D eigenvalue weighted by atomic mass is 9.87. The normalized spacial score (nSPS) is 19.8. The number of ether oxygens (including phenoxy) is 2. The number of nitrogens with one attached hydrogen (secondary N) is 1. The molecule has 2 rings (SSSR count). The first kappa shape index (κ1) is 19.1. The van der Waals surface area contributed by atoms with E-state index in [0.717, 1.165) is 5.56 Å². The van der Waals surface area contributed by atoms with Crippen molar-refractivity contribution < 1.29 is 19.1 Å². The maximum atomic E-state index is 12.7. The molecule has 0 aromatic heterocycles. The van der Waals surface area contributed by atoms with Gasteiger partial charge in [0.1, 0.15) is 11.5 Å². The number of hydrogen-bond donors (Lipinski definition) is 1. The van der Waals surface area contributed by atoms with Gasteiger partial charge in [-0.05, 0) is 19.9 Å². The van der Waals surface area contributed by atoms with Crippen molar-refractivity contribution >= 4 is 11.8 Å². The maximum absolute atomic E-state index is 12.7. The third-order valence-corrected chi connectivity index (χ3v) is 4.58. The van der Waals surface area contributed by atoms with E-state index in [-0.39, 0.29) is 29.7 Å². The molecule has 2 atom stereocenters. The Balaban J connectivity index is 2.37. The van der Waals surface area contributed by atoms with E-state index in [4.69, 9.17) is 9.47 Å². The highest BCUT2D eigenvalue weighted by molar-refractivity contribution is 5.83. The van der Waals surface area contributed by atoms with Crippen molar-refractivity contribution in [2.24, 2.45) is 5.92 Å². The number of methoxy groups -OCH3 is 2. The van der Waals surface area contributed by atoms with Crippen molar-refractivity contribution in [3.63, 3.8) is 0 Å². The number of carbonyl (C=O) groups excluding carboxylic acids is 2. The second kappa shape index (κ2) is 8.23. The van der Waals surface area contributed by atoms with Gasteiger partial charge in [-0.15, -0.1) is 0 Å². The third-order valence-electron chi connectivity index (χ3n) is 4.58. The summed E-state index contributed by atoms with van der Waals surface area (Å²) in [6, 6.07) is 5.66. The molecule has 6 heteroatoms. The van der Waals surface area contributed by atoms with Gasteiger partial charge in [-0.3, -0.25) is 9.59 Å². The molecule has 0 spiro atoms. The fraction of sp³-hybridized carbons (Fsp3) is 0.579. The molecule has 0 saturated carbocycles. The summed E-state index contributed by atoms with van der Waals surface area (Å²) in [6.07, 6.45) is 0.436. The fourth-order valence-electron chi connectivity index (χ4n) is 3.33. The van der Waals surface area contributed by atoms with E-state index in [9.17, 15) is 9.59 Å². The molecule has 0 radical (unpaired) electrons. The summed E-state index contributed by atoms with van der Waals surface area (Å²) in [4.78, 5) is 26.7. The van der Waals surface area contributed by atoms with E-state index >= 15 is 0 Å². The molecule has 2 amide bonds. The molecular weight excluding hydrogens is 320 g/mol. The summed E-state index contributed by atoms with van der Waals surface area (Å²) >= 11 is 0. The van der Waals surface area contributed by atoms with Gasteiger partial charge in [-0.25, -0.2) is 0 Å². The minimum atomic E-state index is -0.291. The highest BCUT2D eigenvalue weighted by atomic mass is 16.5. The lowest BCUT2D eigenvalue weighted by molar-refractivity contribution is -0.130. The average Bonchev–Trinajstić information content (AvgIpc) is 3.05. The van der Waals surface area contributed by atoms with Crippen LogP contribution < -0.4 is 14.8 Å². The van der Waals surface area contributed by atoms with Crippen molar-refractivity contribution in [2.45, 2.75) is 39.2 Å². The number of benzene rings is 1. The van der Waals surface area contributed by atoms with Crippen LogP contribution >= 0.6 is 0 Å². The summed E-state index contributed by atoms with van der Waals surface area (Å²) < 4.78 is 10.8. The second-order valence-corrected chi connectivity index (χ2v) is 6.64. The Kier molecular flexibility index (Phi) is 6.28. The predicted molar refractivity (Wildman–Crippen MR) is 95.9 cm³/mol. The zero-order valence-electron chi connectivity index (χ0n) is 15.7. The monoisotopic (exact) mass is 348 g/mol. The molecule has 6 nitrogen and oxygen atoms in total.